The summed E-state index contributed by atoms with van der Waals surface area (Å²) in [6, 6.07) is 13.5. The van der Waals surface area contributed by atoms with Gasteiger partial charge in [0.2, 0.25) is 0 Å². The van der Waals surface area contributed by atoms with Crippen molar-refractivity contribution < 1.29 is 0 Å². The molecule has 1 atom stereocenters. The SMILES string of the molecule is [B]C(/C(=C\C(=N)N)c1ccncc1)c1ccccc1. The van der Waals surface area contributed by atoms with E-state index in [0.717, 1.165) is 16.7 Å². The zero-order valence-electron chi connectivity index (χ0n) is 10.5. The summed E-state index contributed by atoms with van der Waals surface area (Å²) in [5.74, 6) is -0.342. The Kier molecular flexibility index (Phi) is 4.13. The predicted molar refractivity (Wildman–Crippen MR) is 79.1 cm³/mol. The van der Waals surface area contributed by atoms with E-state index in [-0.39, 0.29) is 11.7 Å². The van der Waals surface area contributed by atoms with Crippen LogP contribution in [0, 0.1) is 5.41 Å². The van der Waals surface area contributed by atoms with Gasteiger partial charge in [0.15, 0.2) is 0 Å². The first-order valence-electron chi connectivity index (χ1n) is 5.95. The smallest absolute Gasteiger partial charge is 0.115 e. The van der Waals surface area contributed by atoms with Crippen LogP contribution in [0.4, 0.5) is 0 Å². The van der Waals surface area contributed by atoms with Gasteiger partial charge in [0.25, 0.3) is 0 Å². The number of nitrogens with two attached hydrogens (primary N) is 1. The van der Waals surface area contributed by atoms with Gasteiger partial charge in [-0.15, -0.1) is 0 Å². The molecule has 1 unspecified atom stereocenters. The van der Waals surface area contributed by atoms with E-state index in [9.17, 15) is 0 Å². The third-order valence-corrected chi connectivity index (χ3v) is 2.82. The maximum absolute atomic E-state index is 7.46. The zero-order valence-corrected chi connectivity index (χ0v) is 10.5. The van der Waals surface area contributed by atoms with E-state index >= 15 is 0 Å². The second kappa shape index (κ2) is 6.00. The minimum absolute atomic E-state index is 0.0156. The van der Waals surface area contributed by atoms with E-state index in [1.165, 1.54) is 0 Å². The second-order valence-corrected chi connectivity index (χ2v) is 4.18. The Morgan fingerprint density at radius 1 is 1.16 bits per heavy atom. The second-order valence-electron chi connectivity index (χ2n) is 4.18. The van der Waals surface area contributed by atoms with Crippen molar-refractivity contribution in [3.8, 4) is 0 Å². The van der Waals surface area contributed by atoms with Gasteiger partial charge in [-0.2, -0.15) is 0 Å². The Morgan fingerprint density at radius 3 is 2.37 bits per heavy atom. The number of hydrogen-bond donors (Lipinski definition) is 2. The molecule has 3 N–H and O–H groups in total. The molecule has 19 heavy (non-hydrogen) atoms. The summed E-state index contributed by atoms with van der Waals surface area (Å²) in [6.45, 7) is 0. The summed E-state index contributed by atoms with van der Waals surface area (Å²) in [6.07, 6.45) is 4.98. The first-order chi connectivity index (χ1) is 9.18. The van der Waals surface area contributed by atoms with Crippen LogP contribution in [-0.2, 0) is 0 Å². The lowest BCUT2D eigenvalue weighted by atomic mass is 9.73. The molecule has 1 aromatic heterocycles. The van der Waals surface area contributed by atoms with Crippen LogP contribution in [0.2, 0.25) is 0 Å². The molecule has 0 aliphatic carbocycles. The highest BCUT2D eigenvalue weighted by molar-refractivity contribution is 6.20. The molecule has 1 heterocycles. The van der Waals surface area contributed by atoms with Crippen LogP contribution in [0.25, 0.3) is 5.57 Å². The largest absolute Gasteiger partial charge is 0.384 e. The summed E-state index contributed by atoms with van der Waals surface area (Å²) in [4.78, 5) is 3.99. The summed E-state index contributed by atoms with van der Waals surface area (Å²) in [5.41, 5.74) is 8.19. The molecular weight excluding hydrogens is 233 g/mol. The first kappa shape index (κ1) is 13.1. The maximum atomic E-state index is 7.46. The van der Waals surface area contributed by atoms with Crippen LogP contribution < -0.4 is 5.73 Å². The molecule has 0 bridgehead atoms. The number of hydrogen-bond acceptors (Lipinski definition) is 2. The van der Waals surface area contributed by atoms with Crippen molar-refractivity contribution in [2.24, 2.45) is 5.73 Å². The standard InChI is InChI=1S/C15H14BN3/c16-15(12-4-2-1-3-5-12)13(10-14(17)18)11-6-8-19-9-7-11/h1-10,15H,(H3,17,18)/b13-10-. The van der Waals surface area contributed by atoms with Gasteiger partial charge in [-0.25, -0.2) is 0 Å². The highest BCUT2D eigenvalue weighted by Crippen LogP contribution is 2.28. The van der Waals surface area contributed by atoms with E-state index < -0.39 is 0 Å². The Morgan fingerprint density at radius 2 is 1.79 bits per heavy atom. The van der Waals surface area contributed by atoms with Gasteiger partial charge < -0.3 is 5.73 Å². The molecule has 4 heteroatoms. The van der Waals surface area contributed by atoms with Gasteiger partial charge in [0.05, 0.1) is 7.85 Å². The van der Waals surface area contributed by atoms with Crippen molar-refractivity contribution in [1.29, 1.82) is 5.41 Å². The molecular formula is C15H14BN3. The molecule has 0 saturated heterocycles. The van der Waals surface area contributed by atoms with Crippen LogP contribution in [0.1, 0.15) is 16.9 Å². The summed E-state index contributed by atoms with van der Waals surface area (Å²) >= 11 is 0. The Bertz CT molecular complexity index is 579. The van der Waals surface area contributed by atoms with Crippen molar-refractivity contribution in [3.05, 3.63) is 72.1 Å². The fraction of sp³-hybridized carbons (Fsp3) is 0.0667. The Hall–Kier alpha value is -2.36. The van der Waals surface area contributed by atoms with Gasteiger partial charge in [0.1, 0.15) is 5.84 Å². The van der Waals surface area contributed by atoms with Gasteiger partial charge in [-0.3, -0.25) is 10.4 Å². The molecule has 3 nitrogen and oxygen atoms in total. The average Bonchev–Trinajstić information content (AvgIpc) is 2.46. The summed E-state index contributed by atoms with van der Waals surface area (Å²) in [7, 11) is 6.28. The highest BCUT2D eigenvalue weighted by Gasteiger charge is 2.13. The number of nitrogens with one attached hydrogen (secondary N) is 1. The summed E-state index contributed by atoms with van der Waals surface area (Å²) < 4.78 is 0. The number of pyridine rings is 1. The minimum Gasteiger partial charge on any atom is -0.384 e. The fourth-order valence-electron chi connectivity index (χ4n) is 1.90. The van der Waals surface area contributed by atoms with E-state index in [1.807, 2.05) is 42.5 Å². The van der Waals surface area contributed by atoms with Crippen LogP contribution >= 0.6 is 0 Å². The molecule has 0 fully saturated rings. The average molecular weight is 247 g/mol. The lowest BCUT2D eigenvalue weighted by Crippen LogP contribution is -2.10. The van der Waals surface area contributed by atoms with Crippen molar-refractivity contribution in [3.63, 3.8) is 0 Å². The van der Waals surface area contributed by atoms with Crippen LogP contribution in [0.5, 0.6) is 0 Å². The highest BCUT2D eigenvalue weighted by atomic mass is 14.7. The molecule has 1 aromatic carbocycles. The number of aromatic nitrogens is 1. The zero-order chi connectivity index (χ0) is 13.7. The molecule has 2 aromatic rings. The molecule has 92 valence electrons. The monoisotopic (exact) mass is 247 g/mol. The third kappa shape index (κ3) is 3.31. The summed E-state index contributed by atoms with van der Waals surface area (Å²) in [5, 5.41) is 7.46. The number of nitrogens with zero attached hydrogens (tertiary/aromatic N) is 1. The molecule has 0 amide bonds. The fourth-order valence-corrected chi connectivity index (χ4v) is 1.90. The van der Waals surface area contributed by atoms with Gasteiger partial charge in [-0.1, -0.05) is 30.3 Å². The van der Waals surface area contributed by atoms with E-state index in [1.54, 1.807) is 18.5 Å². The lowest BCUT2D eigenvalue weighted by Gasteiger charge is -2.17. The first-order valence-corrected chi connectivity index (χ1v) is 5.95. The maximum Gasteiger partial charge on any atom is 0.115 e. The molecule has 0 aliphatic rings. The molecule has 0 saturated carbocycles. The third-order valence-electron chi connectivity index (χ3n) is 2.82. The predicted octanol–water partition coefficient (Wildman–Crippen LogP) is 2.31. The van der Waals surface area contributed by atoms with Gasteiger partial charge in [-0.05, 0) is 40.7 Å². The Balaban J connectivity index is 2.43. The Labute approximate surface area is 114 Å². The van der Waals surface area contributed by atoms with Crippen molar-refractivity contribution in [2.75, 3.05) is 0 Å². The number of amidine groups is 1. The molecule has 0 aliphatic heterocycles. The molecule has 2 radical (unpaired) electrons. The van der Waals surface area contributed by atoms with Crippen LogP contribution in [-0.4, -0.2) is 18.7 Å². The molecule has 0 spiro atoms. The number of rotatable bonds is 4. The van der Waals surface area contributed by atoms with Crippen molar-refractivity contribution in [1.82, 2.24) is 4.98 Å². The van der Waals surface area contributed by atoms with Crippen LogP contribution in [0.15, 0.2) is 60.9 Å². The minimum atomic E-state index is -0.326. The van der Waals surface area contributed by atoms with E-state index in [2.05, 4.69) is 4.98 Å². The van der Waals surface area contributed by atoms with E-state index in [4.69, 9.17) is 19.0 Å². The van der Waals surface area contributed by atoms with Crippen LogP contribution in [0.3, 0.4) is 0 Å². The topological polar surface area (TPSA) is 62.8 Å². The quantitative estimate of drug-likeness (QED) is 0.494. The van der Waals surface area contributed by atoms with Gasteiger partial charge in [0, 0.05) is 12.4 Å². The molecule has 2 rings (SSSR count). The number of benzene rings is 1. The lowest BCUT2D eigenvalue weighted by molar-refractivity contribution is 1.21. The van der Waals surface area contributed by atoms with E-state index in [0.29, 0.717) is 0 Å². The van der Waals surface area contributed by atoms with Crippen molar-refractivity contribution in [2.45, 2.75) is 5.82 Å². The van der Waals surface area contributed by atoms with Gasteiger partial charge >= 0.3 is 0 Å². The normalized spacial score (nSPS) is 12.9. The number of allylic oxidation sites excluding steroid dienone is 1. The van der Waals surface area contributed by atoms with Crippen molar-refractivity contribution >= 4 is 19.3 Å².